The van der Waals surface area contributed by atoms with Crippen LogP contribution in [0.4, 0.5) is 0 Å². The summed E-state index contributed by atoms with van der Waals surface area (Å²) in [6.07, 6.45) is 11.2. The van der Waals surface area contributed by atoms with Gasteiger partial charge in [0.15, 0.2) is 0 Å². The second-order valence-corrected chi connectivity index (χ2v) is 4.52. The van der Waals surface area contributed by atoms with Gasteiger partial charge in [-0.1, -0.05) is 6.92 Å². The average Bonchev–Trinajstić information content (AvgIpc) is 3.27. The zero-order valence-corrected chi connectivity index (χ0v) is 12.2. The van der Waals surface area contributed by atoms with E-state index in [9.17, 15) is 0 Å². The van der Waals surface area contributed by atoms with Gasteiger partial charge in [0.1, 0.15) is 0 Å². The second kappa shape index (κ2) is 6.12. The van der Waals surface area contributed by atoms with E-state index in [0.29, 0.717) is 6.54 Å². The molecule has 0 aliphatic heterocycles. The van der Waals surface area contributed by atoms with E-state index in [0.717, 1.165) is 6.42 Å². The third-order valence-electron chi connectivity index (χ3n) is 2.98. The van der Waals surface area contributed by atoms with Gasteiger partial charge in [-0.3, -0.25) is 5.41 Å². The van der Waals surface area contributed by atoms with Gasteiger partial charge in [0.2, 0.25) is 0 Å². The highest BCUT2D eigenvalue weighted by molar-refractivity contribution is 5.94. The van der Waals surface area contributed by atoms with Crippen LogP contribution in [0.3, 0.4) is 0 Å². The summed E-state index contributed by atoms with van der Waals surface area (Å²) in [6.45, 7) is 2.69. The number of guanidine groups is 1. The lowest BCUT2D eigenvalue weighted by Gasteiger charge is -2.31. The molecule has 0 saturated carbocycles. The van der Waals surface area contributed by atoms with Gasteiger partial charge in [0.05, 0.1) is 31.0 Å². The number of hydrogen-bond acceptors (Lipinski definition) is 4. The van der Waals surface area contributed by atoms with E-state index >= 15 is 0 Å². The first-order valence-electron chi connectivity index (χ1n) is 6.97. The van der Waals surface area contributed by atoms with Crippen molar-refractivity contribution in [2.45, 2.75) is 13.3 Å². The standard InChI is InChI=1S/C13H17N9/c1-2-9-18(19-10-3-6-15-19)13(14)22(20-11-4-7-16-20)21-12-5-8-17-21/h3-8,10-12,14H,2,9H2,1H3. The fraction of sp³-hybridized carbons (Fsp3) is 0.231. The molecule has 0 aliphatic carbocycles. The topological polar surface area (TPSA) is 83.8 Å². The van der Waals surface area contributed by atoms with E-state index < -0.39 is 0 Å². The molecule has 0 saturated heterocycles. The number of nitrogens with zero attached hydrogens (tertiary/aromatic N) is 8. The van der Waals surface area contributed by atoms with Crippen LogP contribution in [-0.2, 0) is 0 Å². The summed E-state index contributed by atoms with van der Waals surface area (Å²) in [4.78, 5) is 4.72. The van der Waals surface area contributed by atoms with Gasteiger partial charge in [-0.15, -0.1) is 5.12 Å². The number of nitrogens with one attached hydrogen (secondary N) is 1. The summed E-state index contributed by atoms with van der Waals surface area (Å²) in [6, 6.07) is 5.41. The van der Waals surface area contributed by atoms with Gasteiger partial charge in [-0.2, -0.15) is 29.7 Å². The molecule has 22 heavy (non-hydrogen) atoms. The van der Waals surface area contributed by atoms with E-state index in [1.807, 2.05) is 6.07 Å². The molecule has 0 aromatic carbocycles. The maximum atomic E-state index is 8.60. The Balaban J connectivity index is 1.98. The van der Waals surface area contributed by atoms with Crippen LogP contribution in [0.25, 0.3) is 0 Å². The van der Waals surface area contributed by atoms with Crippen LogP contribution in [0.1, 0.15) is 13.3 Å². The second-order valence-electron chi connectivity index (χ2n) is 4.52. The number of rotatable bonds is 5. The average molecular weight is 299 g/mol. The van der Waals surface area contributed by atoms with Crippen LogP contribution in [0.15, 0.2) is 55.4 Å². The van der Waals surface area contributed by atoms with Crippen LogP contribution in [0.2, 0.25) is 0 Å². The van der Waals surface area contributed by atoms with Crippen molar-refractivity contribution in [1.29, 1.82) is 5.41 Å². The summed E-state index contributed by atoms with van der Waals surface area (Å²) >= 11 is 0. The van der Waals surface area contributed by atoms with Gasteiger partial charge in [0, 0.05) is 12.7 Å². The van der Waals surface area contributed by atoms with E-state index in [1.54, 1.807) is 68.7 Å². The molecule has 0 radical (unpaired) electrons. The van der Waals surface area contributed by atoms with Crippen LogP contribution in [-0.4, -0.2) is 42.2 Å². The zero-order chi connectivity index (χ0) is 15.4. The van der Waals surface area contributed by atoms with Gasteiger partial charge in [0.25, 0.3) is 5.96 Å². The van der Waals surface area contributed by atoms with Crippen molar-refractivity contribution in [3.05, 3.63) is 55.4 Å². The van der Waals surface area contributed by atoms with E-state index in [2.05, 4.69) is 22.2 Å². The van der Waals surface area contributed by atoms with Crippen LogP contribution in [0, 0.1) is 5.41 Å². The summed E-state index contributed by atoms with van der Waals surface area (Å²) in [5, 5.41) is 24.5. The molecule has 9 nitrogen and oxygen atoms in total. The molecule has 9 heteroatoms. The molecule has 114 valence electrons. The molecule has 0 amide bonds. The highest BCUT2D eigenvalue weighted by Gasteiger charge is 2.22. The van der Waals surface area contributed by atoms with Gasteiger partial charge in [-0.25, -0.2) is 5.01 Å². The van der Waals surface area contributed by atoms with Gasteiger partial charge in [-0.05, 0) is 24.6 Å². The SMILES string of the molecule is CCCN(C(=N)N(n1cccn1)n1cccn1)n1cccn1. The molecule has 0 unspecified atom stereocenters. The van der Waals surface area contributed by atoms with E-state index in [4.69, 9.17) is 5.41 Å². The summed E-state index contributed by atoms with van der Waals surface area (Å²) < 4.78 is 0. The lowest BCUT2D eigenvalue weighted by Crippen LogP contribution is -2.56. The molecule has 3 aromatic rings. The van der Waals surface area contributed by atoms with E-state index in [-0.39, 0.29) is 5.96 Å². The van der Waals surface area contributed by atoms with Crippen molar-refractivity contribution in [3.63, 3.8) is 0 Å². The first-order valence-corrected chi connectivity index (χ1v) is 6.97. The lowest BCUT2D eigenvalue weighted by atomic mass is 10.5. The molecular weight excluding hydrogens is 282 g/mol. The number of aromatic nitrogens is 6. The van der Waals surface area contributed by atoms with Crippen LogP contribution in [0.5, 0.6) is 0 Å². The molecule has 3 aromatic heterocycles. The molecule has 0 atom stereocenters. The summed E-state index contributed by atoms with van der Waals surface area (Å²) in [5.41, 5.74) is 0. The smallest absolute Gasteiger partial charge is 0.258 e. The maximum absolute atomic E-state index is 8.60. The Bertz CT molecular complexity index is 650. The third kappa shape index (κ3) is 2.55. The maximum Gasteiger partial charge on any atom is 0.258 e. The summed E-state index contributed by atoms with van der Waals surface area (Å²) in [5.74, 6) is 0.179. The zero-order valence-electron chi connectivity index (χ0n) is 12.2. The molecule has 3 heterocycles. The molecule has 3 rings (SSSR count). The Morgan fingerprint density at radius 2 is 1.41 bits per heavy atom. The Kier molecular flexibility index (Phi) is 3.86. The summed E-state index contributed by atoms with van der Waals surface area (Å²) in [7, 11) is 0. The quantitative estimate of drug-likeness (QED) is 0.553. The fourth-order valence-corrected chi connectivity index (χ4v) is 2.06. The Labute approximate surface area is 127 Å². The molecule has 0 fully saturated rings. The van der Waals surface area contributed by atoms with Crippen molar-refractivity contribution in [2.24, 2.45) is 0 Å². The van der Waals surface area contributed by atoms with Gasteiger partial charge >= 0.3 is 0 Å². The first kappa shape index (κ1) is 13.9. The van der Waals surface area contributed by atoms with Crippen molar-refractivity contribution in [3.8, 4) is 0 Å². The van der Waals surface area contributed by atoms with Crippen molar-refractivity contribution >= 4 is 5.96 Å². The highest BCUT2D eigenvalue weighted by atomic mass is 15.9. The molecular formula is C13H17N9. The van der Waals surface area contributed by atoms with Crippen molar-refractivity contribution < 1.29 is 0 Å². The minimum atomic E-state index is 0.179. The largest absolute Gasteiger partial charge is 0.264 e. The minimum absolute atomic E-state index is 0.179. The normalized spacial score (nSPS) is 10.6. The predicted octanol–water partition coefficient (Wildman–Crippen LogP) is 0.660. The predicted molar refractivity (Wildman–Crippen MR) is 81.4 cm³/mol. The number of hydrogen-bond donors (Lipinski definition) is 1. The van der Waals surface area contributed by atoms with Crippen LogP contribution < -0.4 is 10.1 Å². The monoisotopic (exact) mass is 299 g/mol. The van der Waals surface area contributed by atoms with Crippen molar-refractivity contribution in [1.82, 2.24) is 29.7 Å². The Hall–Kier alpha value is -3.10. The third-order valence-corrected chi connectivity index (χ3v) is 2.98. The molecule has 1 N–H and O–H groups in total. The molecule has 0 aliphatic rings. The Morgan fingerprint density at radius 3 is 1.82 bits per heavy atom. The van der Waals surface area contributed by atoms with Crippen LogP contribution >= 0.6 is 0 Å². The van der Waals surface area contributed by atoms with Crippen molar-refractivity contribution in [2.75, 3.05) is 16.7 Å². The fourth-order valence-electron chi connectivity index (χ4n) is 2.06. The highest BCUT2D eigenvalue weighted by Crippen LogP contribution is 2.01. The molecule has 0 spiro atoms. The Morgan fingerprint density at radius 1 is 0.909 bits per heavy atom. The van der Waals surface area contributed by atoms with E-state index in [1.165, 1.54) is 5.12 Å². The lowest BCUT2D eigenvalue weighted by molar-refractivity contribution is 0.494. The minimum Gasteiger partial charge on any atom is -0.264 e. The van der Waals surface area contributed by atoms with Gasteiger partial charge < -0.3 is 0 Å². The molecule has 0 bridgehead atoms. The first-order chi connectivity index (χ1) is 10.8.